The van der Waals surface area contributed by atoms with Crippen LogP contribution in [-0.4, -0.2) is 40.3 Å². The minimum absolute atomic E-state index is 0.0286. The van der Waals surface area contributed by atoms with E-state index < -0.39 is 0 Å². The molecule has 1 fully saturated rings. The Morgan fingerprint density at radius 1 is 1.25 bits per heavy atom. The summed E-state index contributed by atoms with van der Waals surface area (Å²) in [6, 6.07) is 0. The first-order valence-corrected chi connectivity index (χ1v) is 7.67. The van der Waals surface area contributed by atoms with E-state index in [1.165, 1.54) is 0 Å². The predicted octanol–water partition coefficient (Wildman–Crippen LogP) is 3.45. The van der Waals surface area contributed by atoms with Gasteiger partial charge in [-0.3, -0.25) is 0 Å². The molecular formula is C15H26BrNO3. The van der Waals surface area contributed by atoms with Gasteiger partial charge in [0.25, 0.3) is 0 Å². The molecule has 1 saturated heterocycles. The molecule has 0 aromatic carbocycles. The molecule has 1 heterocycles. The van der Waals surface area contributed by atoms with Crippen molar-refractivity contribution in [3.63, 3.8) is 0 Å². The molecule has 0 atom stereocenters. The van der Waals surface area contributed by atoms with Crippen LogP contribution in [0.25, 0.3) is 0 Å². The van der Waals surface area contributed by atoms with Crippen LogP contribution in [0, 0.1) is 0 Å². The molecule has 0 unspecified atom stereocenters. The zero-order chi connectivity index (χ0) is 15.6. The SMILES string of the molecule is C=C(C)C(=O)OCCOC1CC(C)(C)N(Br)C(C)(C)C1. The molecule has 0 amide bonds. The maximum Gasteiger partial charge on any atom is 0.333 e. The highest BCUT2D eigenvalue weighted by molar-refractivity contribution is 9.07. The Morgan fingerprint density at radius 3 is 2.20 bits per heavy atom. The monoisotopic (exact) mass is 347 g/mol. The number of hydrogen-bond acceptors (Lipinski definition) is 4. The van der Waals surface area contributed by atoms with Crippen LogP contribution in [0.15, 0.2) is 12.2 Å². The van der Waals surface area contributed by atoms with Gasteiger partial charge in [-0.2, -0.15) is 0 Å². The molecule has 1 rings (SSSR count). The van der Waals surface area contributed by atoms with Gasteiger partial charge in [0.1, 0.15) is 6.61 Å². The van der Waals surface area contributed by atoms with Crippen molar-refractivity contribution < 1.29 is 14.3 Å². The van der Waals surface area contributed by atoms with Crippen LogP contribution in [0.1, 0.15) is 47.5 Å². The summed E-state index contributed by atoms with van der Waals surface area (Å²) in [7, 11) is 0. The Balaban J connectivity index is 2.42. The van der Waals surface area contributed by atoms with Crippen molar-refractivity contribution in [3.8, 4) is 0 Å². The van der Waals surface area contributed by atoms with E-state index in [9.17, 15) is 4.79 Å². The fourth-order valence-corrected chi connectivity index (χ4v) is 3.05. The highest BCUT2D eigenvalue weighted by Gasteiger charge is 2.44. The van der Waals surface area contributed by atoms with Gasteiger partial charge in [-0.15, -0.1) is 0 Å². The van der Waals surface area contributed by atoms with E-state index in [0.717, 1.165) is 12.8 Å². The van der Waals surface area contributed by atoms with E-state index in [4.69, 9.17) is 9.47 Å². The number of carbonyl (C=O) groups is 1. The lowest BCUT2D eigenvalue weighted by Crippen LogP contribution is -2.57. The largest absolute Gasteiger partial charge is 0.460 e. The third-order valence-electron chi connectivity index (χ3n) is 3.54. The van der Waals surface area contributed by atoms with E-state index in [1.807, 2.05) is 0 Å². The van der Waals surface area contributed by atoms with Crippen LogP contribution in [0.3, 0.4) is 0 Å². The zero-order valence-corrected chi connectivity index (χ0v) is 14.7. The molecule has 0 spiro atoms. The van der Waals surface area contributed by atoms with Crippen molar-refractivity contribution in [2.24, 2.45) is 0 Å². The fourth-order valence-electron chi connectivity index (χ4n) is 2.76. The van der Waals surface area contributed by atoms with Crippen molar-refractivity contribution in [1.82, 2.24) is 3.93 Å². The number of nitrogens with zero attached hydrogens (tertiary/aromatic N) is 1. The molecule has 1 aliphatic heterocycles. The minimum atomic E-state index is -0.357. The number of esters is 1. The summed E-state index contributed by atoms with van der Waals surface area (Å²) in [5, 5.41) is 0. The molecule has 0 aromatic heterocycles. The van der Waals surface area contributed by atoms with E-state index in [-0.39, 0.29) is 29.8 Å². The van der Waals surface area contributed by atoms with Crippen molar-refractivity contribution in [2.75, 3.05) is 13.2 Å². The quantitative estimate of drug-likeness (QED) is 0.330. The second kappa shape index (κ2) is 6.58. The molecule has 0 saturated carbocycles. The first-order valence-electron chi connectivity index (χ1n) is 6.96. The molecule has 4 nitrogen and oxygen atoms in total. The van der Waals surface area contributed by atoms with Crippen molar-refractivity contribution in [3.05, 3.63) is 12.2 Å². The summed E-state index contributed by atoms with van der Waals surface area (Å²) in [6.07, 6.45) is 2.06. The number of ether oxygens (including phenoxy) is 2. The molecule has 0 aliphatic carbocycles. The first kappa shape index (κ1) is 17.7. The summed E-state index contributed by atoms with van der Waals surface area (Å²) in [6.45, 7) is 14.7. The number of rotatable bonds is 5. The summed E-state index contributed by atoms with van der Waals surface area (Å²) >= 11 is 3.67. The van der Waals surface area contributed by atoms with Gasteiger partial charge in [0.15, 0.2) is 0 Å². The number of halogens is 1. The zero-order valence-electron chi connectivity index (χ0n) is 13.2. The van der Waals surface area contributed by atoms with Crippen LogP contribution in [0.5, 0.6) is 0 Å². The van der Waals surface area contributed by atoms with Gasteiger partial charge in [-0.05, 0) is 47.5 Å². The second-order valence-electron chi connectivity index (χ2n) is 6.72. The average Bonchev–Trinajstić information content (AvgIpc) is 2.30. The van der Waals surface area contributed by atoms with Crippen molar-refractivity contribution in [1.29, 1.82) is 0 Å². The van der Waals surface area contributed by atoms with Crippen molar-refractivity contribution >= 4 is 22.1 Å². The summed E-state index contributed by atoms with van der Waals surface area (Å²) < 4.78 is 13.1. The highest BCUT2D eigenvalue weighted by atomic mass is 79.9. The van der Waals surface area contributed by atoms with Gasteiger partial charge in [0, 0.05) is 32.8 Å². The van der Waals surface area contributed by atoms with Crippen LogP contribution in [0.2, 0.25) is 0 Å². The van der Waals surface area contributed by atoms with Gasteiger partial charge < -0.3 is 9.47 Å². The lowest BCUT2D eigenvalue weighted by Gasteiger charge is -2.51. The molecule has 5 heteroatoms. The number of carbonyl (C=O) groups excluding carboxylic acids is 1. The lowest BCUT2D eigenvalue weighted by molar-refractivity contribution is -0.142. The van der Waals surface area contributed by atoms with E-state index >= 15 is 0 Å². The van der Waals surface area contributed by atoms with Gasteiger partial charge in [0.05, 0.1) is 12.7 Å². The first-order chi connectivity index (χ1) is 9.06. The van der Waals surface area contributed by atoms with E-state index in [2.05, 4.69) is 54.3 Å². The highest BCUT2D eigenvalue weighted by Crippen LogP contribution is 2.41. The van der Waals surface area contributed by atoms with Crippen LogP contribution < -0.4 is 0 Å². The molecule has 0 radical (unpaired) electrons. The Bertz CT molecular complexity index is 361. The molecule has 0 bridgehead atoms. The predicted molar refractivity (Wildman–Crippen MR) is 83.7 cm³/mol. The van der Waals surface area contributed by atoms with Gasteiger partial charge in [0.2, 0.25) is 0 Å². The normalized spacial score (nSPS) is 22.5. The topological polar surface area (TPSA) is 38.8 Å². The Labute approximate surface area is 130 Å². The maximum atomic E-state index is 11.3. The summed E-state index contributed by atoms with van der Waals surface area (Å²) in [4.78, 5) is 11.3. The molecule has 0 N–H and O–H groups in total. The maximum absolute atomic E-state index is 11.3. The fraction of sp³-hybridized carbons (Fsp3) is 0.800. The van der Waals surface area contributed by atoms with Gasteiger partial charge in [-0.25, -0.2) is 8.72 Å². The third kappa shape index (κ3) is 4.57. The Hall–Kier alpha value is -0.390. The van der Waals surface area contributed by atoms with Gasteiger partial charge in [-0.1, -0.05) is 6.58 Å². The molecule has 116 valence electrons. The van der Waals surface area contributed by atoms with Crippen molar-refractivity contribution in [2.45, 2.75) is 64.6 Å². The molecular weight excluding hydrogens is 322 g/mol. The minimum Gasteiger partial charge on any atom is -0.460 e. The Kier molecular flexibility index (Phi) is 5.81. The van der Waals surface area contributed by atoms with Gasteiger partial charge >= 0.3 is 5.97 Å². The Morgan fingerprint density at radius 2 is 1.75 bits per heavy atom. The number of piperidine rings is 1. The van der Waals surface area contributed by atoms with E-state index in [1.54, 1.807) is 6.92 Å². The average molecular weight is 348 g/mol. The second-order valence-corrected chi connectivity index (χ2v) is 7.43. The van der Waals surface area contributed by atoms with Crippen LogP contribution >= 0.6 is 16.1 Å². The van der Waals surface area contributed by atoms with Crippen LogP contribution in [-0.2, 0) is 14.3 Å². The third-order valence-corrected chi connectivity index (χ3v) is 5.46. The summed E-state index contributed by atoms with van der Waals surface area (Å²) in [5.41, 5.74) is 0.474. The smallest absolute Gasteiger partial charge is 0.333 e. The van der Waals surface area contributed by atoms with Crippen LogP contribution in [0.4, 0.5) is 0 Å². The number of hydrogen-bond donors (Lipinski definition) is 0. The summed E-state index contributed by atoms with van der Waals surface area (Å²) in [5.74, 6) is -0.357. The van der Waals surface area contributed by atoms with E-state index in [0.29, 0.717) is 12.2 Å². The molecule has 0 aromatic rings. The standard InChI is InChI=1S/C15H26BrNO3/c1-11(2)13(18)20-8-7-19-12-9-14(3,4)17(16)15(5,6)10-12/h12H,1,7-10H2,2-6H3. The molecule has 1 aliphatic rings. The lowest BCUT2D eigenvalue weighted by atomic mass is 9.81. The molecule has 20 heavy (non-hydrogen) atoms.